The van der Waals surface area contributed by atoms with Gasteiger partial charge in [0.1, 0.15) is 13.2 Å². The van der Waals surface area contributed by atoms with Crippen molar-refractivity contribution in [2.45, 2.75) is 206 Å². The van der Waals surface area contributed by atoms with Crippen LogP contribution in [0.5, 0.6) is 0 Å². The molecule has 0 fully saturated rings. The molecule has 0 aromatic carbocycles. The second-order valence-corrected chi connectivity index (χ2v) is 17.4. The summed E-state index contributed by atoms with van der Waals surface area (Å²) in [4.78, 5) is 37.2. The fraction of sp³-hybridized carbons (Fsp3) is 0.750. The van der Waals surface area contributed by atoms with Gasteiger partial charge in [0.25, 0.3) is 6.29 Å². The Hall–Kier alpha value is -3.01. The van der Waals surface area contributed by atoms with Crippen molar-refractivity contribution in [3.8, 4) is 0 Å². The van der Waals surface area contributed by atoms with Gasteiger partial charge in [-0.25, -0.2) is 4.79 Å². The van der Waals surface area contributed by atoms with Crippen LogP contribution in [0.2, 0.25) is 0 Å². The molecule has 0 aliphatic rings. The second kappa shape index (κ2) is 43.6. The van der Waals surface area contributed by atoms with Crippen molar-refractivity contribution in [2.75, 3.05) is 47.5 Å². The Labute approximate surface area is 374 Å². The number of likely N-dealkylation sites (N-methyl/N-ethyl adjacent to an activating group) is 1. The van der Waals surface area contributed by atoms with E-state index in [1.807, 2.05) is 21.1 Å². The smallest absolute Gasteiger partial charge is 0.361 e. The highest BCUT2D eigenvalue weighted by Gasteiger charge is 2.25. The van der Waals surface area contributed by atoms with Gasteiger partial charge < -0.3 is 28.5 Å². The highest BCUT2D eigenvalue weighted by molar-refractivity contribution is 5.71. The minimum Gasteiger partial charge on any atom is -0.477 e. The molecular formula is C52H92NO8+. The maximum Gasteiger partial charge on any atom is 0.361 e. The summed E-state index contributed by atoms with van der Waals surface area (Å²) in [6.07, 6.45) is 49.9. The molecule has 9 heteroatoms. The SMILES string of the molecule is CC/C=C\C/C=C\C/C=C\CCCCCCCCCC(=O)OC(COC(=O)CCCCCCCCCCC/C=C\C/C=C\CCCCC)COC(OCC[N+](C)(C)C)C(=O)O. The van der Waals surface area contributed by atoms with Crippen molar-refractivity contribution in [1.82, 2.24) is 0 Å². The molecule has 0 rings (SSSR count). The molecule has 0 saturated carbocycles. The topological polar surface area (TPSA) is 108 Å². The lowest BCUT2D eigenvalue weighted by Gasteiger charge is -2.25. The van der Waals surface area contributed by atoms with Crippen molar-refractivity contribution in [1.29, 1.82) is 0 Å². The van der Waals surface area contributed by atoms with Gasteiger partial charge in [-0.1, -0.05) is 164 Å². The molecule has 0 bridgehead atoms. The summed E-state index contributed by atoms with van der Waals surface area (Å²) in [7, 11) is 5.95. The number of allylic oxidation sites excluding steroid dienone is 10. The van der Waals surface area contributed by atoms with Gasteiger partial charge in [0.05, 0.1) is 34.4 Å². The third-order valence-electron chi connectivity index (χ3n) is 10.3. The van der Waals surface area contributed by atoms with E-state index in [9.17, 15) is 19.5 Å². The van der Waals surface area contributed by atoms with Crippen LogP contribution in [0.3, 0.4) is 0 Å². The molecule has 2 atom stereocenters. The first kappa shape index (κ1) is 58.0. The van der Waals surface area contributed by atoms with E-state index in [0.717, 1.165) is 70.6 Å². The summed E-state index contributed by atoms with van der Waals surface area (Å²) in [6, 6.07) is 0. The second-order valence-electron chi connectivity index (χ2n) is 17.4. The number of rotatable bonds is 44. The van der Waals surface area contributed by atoms with Crippen LogP contribution in [0.15, 0.2) is 60.8 Å². The highest BCUT2D eigenvalue weighted by atomic mass is 16.7. The Balaban J connectivity index is 4.39. The quantitative estimate of drug-likeness (QED) is 0.0212. The molecule has 0 radical (unpaired) electrons. The van der Waals surface area contributed by atoms with Crippen LogP contribution in [-0.4, -0.2) is 87.4 Å². The number of carbonyl (C=O) groups is 3. The number of carbonyl (C=O) groups excluding carboxylic acids is 2. The molecule has 0 spiro atoms. The van der Waals surface area contributed by atoms with Gasteiger partial charge in [0.15, 0.2) is 6.10 Å². The predicted molar refractivity (Wildman–Crippen MR) is 253 cm³/mol. The van der Waals surface area contributed by atoms with Gasteiger partial charge in [-0.3, -0.25) is 9.59 Å². The maximum absolute atomic E-state index is 12.8. The first-order chi connectivity index (χ1) is 29.6. The Bertz CT molecular complexity index is 1180. The van der Waals surface area contributed by atoms with E-state index in [4.69, 9.17) is 18.9 Å². The molecule has 61 heavy (non-hydrogen) atoms. The standard InChI is InChI=1S/C52H91NO8/c1-6-8-10-12-14-16-18-20-22-24-25-27-28-30-32-34-36-38-40-42-49(54)59-46-48(47-60-52(51(56)57)58-45-44-53(3,4)5)61-50(55)43-41-39-37-35-33-31-29-26-23-21-19-17-15-13-11-9-7-2/h9,11,14-17,20-23,48,52H,6-8,10,12-13,18-19,24-47H2,1-5H3/p+1/b11-9-,16-14-,17-15-,22-20-,23-21-. The number of nitrogens with zero attached hydrogens (tertiary/aromatic N) is 1. The summed E-state index contributed by atoms with van der Waals surface area (Å²) >= 11 is 0. The van der Waals surface area contributed by atoms with E-state index >= 15 is 0 Å². The zero-order valence-corrected chi connectivity index (χ0v) is 39.8. The lowest BCUT2D eigenvalue weighted by Crippen LogP contribution is -2.40. The van der Waals surface area contributed by atoms with Gasteiger partial charge in [0.2, 0.25) is 0 Å². The van der Waals surface area contributed by atoms with Crippen LogP contribution < -0.4 is 0 Å². The molecule has 9 nitrogen and oxygen atoms in total. The predicted octanol–water partition coefficient (Wildman–Crippen LogP) is 13.3. The molecule has 0 aromatic heterocycles. The molecule has 2 unspecified atom stereocenters. The Morgan fingerprint density at radius 2 is 0.934 bits per heavy atom. The number of hydrogen-bond acceptors (Lipinski definition) is 7. The van der Waals surface area contributed by atoms with Crippen molar-refractivity contribution in [3.63, 3.8) is 0 Å². The summed E-state index contributed by atoms with van der Waals surface area (Å²) in [6.45, 7) is 4.72. The normalized spacial score (nSPS) is 13.4. The van der Waals surface area contributed by atoms with E-state index < -0.39 is 24.3 Å². The van der Waals surface area contributed by atoms with Crippen molar-refractivity contribution < 1.29 is 42.9 Å². The number of carboxylic acids is 1. The summed E-state index contributed by atoms with van der Waals surface area (Å²) in [5.74, 6) is -2.03. The summed E-state index contributed by atoms with van der Waals surface area (Å²) < 4.78 is 22.8. The summed E-state index contributed by atoms with van der Waals surface area (Å²) in [5.41, 5.74) is 0. The lowest BCUT2D eigenvalue weighted by atomic mass is 10.1. The fourth-order valence-corrected chi connectivity index (χ4v) is 6.47. The van der Waals surface area contributed by atoms with E-state index in [2.05, 4.69) is 74.6 Å². The van der Waals surface area contributed by atoms with Gasteiger partial charge in [-0.2, -0.15) is 0 Å². The average molecular weight is 859 g/mol. The van der Waals surface area contributed by atoms with Gasteiger partial charge in [-0.05, 0) is 77.0 Å². The number of esters is 2. The monoisotopic (exact) mass is 859 g/mol. The molecule has 0 aliphatic carbocycles. The number of quaternary nitrogens is 1. The Kier molecular flexibility index (Phi) is 41.5. The van der Waals surface area contributed by atoms with E-state index in [1.54, 1.807) is 0 Å². The molecule has 1 N–H and O–H groups in total. The van der Waals surface area contributed by atoms with E-state index in [1.165, 1.54) is 89.9 Å². The van der Waals surface area contributed by atoms with Crippen molar-refractivity contribution >= 4 is 17.9 Å². The number of ether oxygens (including phenoxy) is 4. The fourth-order valence-electron chi connectivity index (χ4n) is 6.47. The van der Waals surface area contributed by atoms with E-state index in [-0.39, 0.29) is 32.2 Å². The van der Waals surface area contributed by atoms with E-state index in [0.29, 0.717) is 23.9 Å². The first-order valence-electron chi connectivity index (χ1n) is 24.5. The van der Waals surface area contributed by atoms with Crippen LogP contribution >= 0.6 is 0 Å². The summed E-state index contributed by atoms with van der Waals surface area (Å²) in [5, 5.41) is 9.66. The third kappa shape index (κ3) is 44.8. The highest BCUT2D eigenvalue weighted by Crippen LogP contribution is 2.14. The van der Waals surface area contributed by atoms with Crippen molar-refractivity contribution in [3.05, 3.63) is 60.8 Å². The molecule has 0 amide bonds. The largest absolute Gasteiger partial charge is 0.477 e. The minimum atomic E-state index is -1.51. The minimum absolute atomic E-state index is 0.183. The van der Waals surface area contributed by atoms with Gasteiger partial charge >= 0.3 is 17.9 Å². The van der Waals surface area contributed by atoms with Crippen LogP contribution in [0.1, 0.15) is 194 Å². The van der Waals surface area contributed by atoms with Gasteiger partial charge in [0, 0.05) is 12.8 Å². The van der Waals surface area contributed by atoms with Crippen LogP contribution in [0.4, 0.5) is 0 Å². The average Bonchev–Trinajstić information content (AvgIpc) is 3.22. The van der Waals surface area contributed by atoms with Gasteiger partial charge in [-0.15, -0.1) is 0 Å². The molecule has 0 saturated heterocycles. The van der Waals surface area contributed by atoms with Crippen LogP contribution in [-0.2, 0) is 33.3 Å². The Morgan fingerprint density at radius 1 is 0.508 bits per heavy atom. The molecule has 0 aromatic rings. The molecule has 352 valence electrons. The van der Waals surface area contributed by atoms with Crippen molar-refractivity contribution in [2.24, 2.45) is 0 Å². The Morgan fingerprint density at radius 3 is 1.39 bits per heavy atom. The number of carboxylic acid groups (broad SMARTS) is 1. The lowest BCUT2D eigenvalue weighted by molar-refractivity contribution is -0.870. The molecule has 0 heterocycles. The number of aliphatic carboxylic acids is 1. The first-order valence-corrected chi connectivity index (χ1v) is 24.5. The number of hydrogen-bond donors (Lipinski definition) is 1. The molecular weight excluding hydrogens is 767 g/mol. The van der Waals surface area contributed by atoms with Crippen LogP contribution in [0.25, 0.3) is 0 Å². The zero-order valence-electron chi connectivity index (χ0n) is 39.8. The zero-order chi connectivity index (χ0) is 44.9. The third-order valence-corrected chi connectivity index (χ3v) is 10.3. The van der Waals surface area contributed by atoms with Crippen LogP contribution in [0, 0.1) is 0 Å². The number of unbranched alkanes of at least 4 members (excludes halogenated alkanes) is 19. The molecule has 0 aliphatic heterocycles. The maximum atomic E-state index is 12.8.